The van der Waals surface area contributed by atoms with Crippen LogP contribution in [0.3, 0.4) is 0 Å². The number of hydrogen-bond donors (Lipinski definition) is 0. The Hall–Kier alpha value is 3.42. The third-order valence-corrected chi connectivity index (χ3v) is 0. The van der Waals surface area contributed by atoms with Crippen molar-refractivity contribution in [3.8, 4) is 0 Å². The minimum absolute atomic E-state index is 0. The summed E-state index contributed by atoms with van der Waals surface area (Å²) >= 11 is 0. The molecule has 0 bridgehead atoms. The molecule has 0 saturated carbocycles. The van der Waals surface area contributed by atoms with Crippen LogP contribution in [-0.4, -0.2) is 38.3 Å². The fraction of sp³-hybridized carbons (Fsp3) is 0. The maximum absolute atomic E-state index is 0. The summed E-state index contributed by atoms with van der Waals surface area (Å²) in [5, 5.41) is 0. The van der Waals surface area contributed by atoms with Crippen LogP contribution < -0.4 is 80.9 Å². The third kappa shape index (κ3) is 150. The number of hydrogen-bond acceptors (Lipinski definition) is 2. The molecule has 12 N–H and O–H groups in total. The molecule has 0 aliphatic carbocycles. The second-order valence-electron chi connectivity index (χ2n) is 0. The Morgan fingerprint density at radius 1 is 0.455 bits per heavy atom. The van der Waals surface area contributed by atoms with Crippen LogP contribution in [0, 0.1) is 0 Å². The molecule has 11 heteroatoms. The Kier molecular flexibility index (Phi) is 3570. The molecular formula is H12Cr2KNaO7. The van der Waals surface area contributed by atoms with E-state index in [1.807, 2.05) is 0 Å². The maximum Gasteiger partial charge on any atom is 1.00 e. The van der Waals surface area contributed by atoms with Crippen LogP contribution in [-0.2, 0) is 34.7 Å². The van der Waals surface area contributed by atoms with Crippen molar-refractivity contribution in [3.05, 3.63) is 0 Å². The molecule has 0 heterocycles. The van der Waals surface area contributed by atoms with Crippen LogP contribution in [0.5, 0.6) is 0 Å². The molecule has 0 aromatic carbocycles. The van der Waals surface area contributed by atoms with E-state index in [9.17, 15) is 0 Å². The second-order valence-corrected chi connectivity index (χ2v) is 0. The van der Waals surface area contributed by atoms with Gasteiger partial charge >= 0.3 is 80.9 Å². The fourth-order valence-electron chi connectivity index (χ4n) is 0. The standard InChI is InChI=1S/2Cr.K.Na.7H2O/h;;;;7*1H2/q;;2*+1;;;;;;;/p-2. The molecule has 0 aromatic heterocycles. The van der Waals surface area contributed by atoms with Crippen molar-refractivity contribution in [3.63, 3.8) is 0 Å². The Balaban J connectivity index is 0. The summed E-state index contributed by atoms with van der Waals surface area (Å²) in [4.78, 5) is 0. The van der Waals surface area contributed by atoms with Gasteiger partial charge in [0.25, 0.3) is 0 Å². The average molecular weight is 290 g/mol. The van der Waals surface area contributed by atoms with E-state index in [2.05, 4.69) is 0 Å². The topological polar surface area (TPSA) is 218 Å². The third-order valence-electron chi connectivity index (χ3n) is 0. The van der Waals surface area contributed by atoms with Gasteiger partial charge in [-0.3, -0.25) is 0 Å². The van der Waals surface area contributed by atoms with Crippen LogP contribution in [0.15, 0.2) is 0 Å². The molecule has 0 spiro atoms. The molecule has 7 nitrogen and oxygen atoms in total. The summed E-state index contributed by atoms with van der Waals surface area (Å²) in [6.45, 7) is 0. The SMILES string of the molecule is O.O.O.O.O.[Cr].[Cr].[K+].[Na+].[OH-].[OH-]. The molecule has 0 atom stereocenters. The van der Waals surface area contributed by atoms with Gasteiger partial charge in [-0.2, -0.15) is 0 Å². The molecule has 0 rings (SSSR count). The van der Waals surface area contributed by atoms with E-state index in [1.165, 1.54) is 0 Å². The zero-order valence-electron chi connectivity index (χ0n) is 6.21. The monoisotopic (exact) mass is 290 g/mol. The van der Waals surface area contributed by atoms with E-state index >= 15 is 0 Å². The Labute approximate surface area is 151 Å². The van der Waals surface area contributed by atoms with Crippen molar-refractivity contribution in [2.24, 2.45) is 0 Å². The average Bonchev–Trinajstić information content (AvgIpc) is 0. The van der Waals surface area contributed by atoms with Crippen molar-refractivity contribution >= 4 is 0 Å². The van der Waals surface area contributed by atoms with Crippen molar-refractivity contribution in [1.82, 2.24) is 0 Å². The molecule has 0 radical (unpaired) electrons. The first kappa shape index (κ1) is 222. The van der Waals surface area contributed by atoms with Crippen LogP contribution in [0.1, 0.15) is 0 Å². The van der Waals surface area contributed by atoms with Gasteiger partial charge in [-0.1, -0.05) is 0 Å². The zero-order chi connectivity index (χ0) is 0. The first-order valence-corrected chi connectivity index (χ1v) is 0. The summed E-state index contributed by atoms with van der Waals surface area (Å²) in [6, 6.07) is 0. The Bertz CT molecular complexity index is 16.4. The Morgan fingerprint density at radius 3 is 0.455 bits per heavy atom. The smallest absolute Gasteiger partial charge is 0.870 e. The van der Waals surface area contributed by atoms with Crippen LogP contribution >= 0.6 is 0 Å². The second kappa shape index (κ2) is 177. The van der Waals surface area contributed by atoms with E-state index < -0.39 is 0 Å². The van der Waals surface area contributed by atoms with E-state index in [0.29, 0.717) is 0 Å². The van der Waals surface area contributed by atoms with E-state index in [4.69, 9.17) is 0 Å². The van der Waals surface area contributed by atoms with Gasteiger partial charge in [0.05, 0.1) is 0 Å². The van der Waals surface area contributed by atoms with Gasteiger partial charge in [0.2, 0.25) is 0 Å². The summed E-state index contributed by atoms with van der Waals surface area (Å²) in [5.74, 6) is 0. The van der Waals surface area contributed by atoms with Gasteiger partial charge < -0.3 is 38.3 Å². The number of rotatable bonds is 0. The van der Waals surface area contributed by atoms with Crippen molar-refractivity contribution in [1.29, 1.82) is 0 Å². The molecule has 0 amide bonds. The summed E-state index contributed by atoms with van der Waals surface area (Å²) < 4.78 is 0. The van der Waals surface area contributed by atoms with Gasteiger partial charge in [-0.05, 0) is 0 Å². The molecule has 0 unspecified atom stereocenters. The van der Waals surface area contributed by atoms with Crippen molar-refractivity contribution in [2.45, 2.75) is 0 Å². The molecule has 0 aromatic rings. The van der Waals surface area contributed by atoms with Gasteiger partial charge in [-0.15, -0.1) is 0 Å². The fourth-order valence-corrected chi connectivity index (χ4v) is 0. The zero-order valence-corrected chi connectivity index (χ0v) is 13.9. The minimum Gasteiger partial charge on any atom is -0.870 e. The molecule has 68 valence electrons. The first-order valence-electron chi connectivity index (χ1n) is 0. The molecule has 0 aliphatic rings. The molecule has 0 aliphatic heterocycles. The van der Waals surface area contributed by atoms with E-state index in [0.717, 1.165) is 0 Å². The first-order chi connectivity index (χ1) is 0. The molecular weight excluding hydrogens is 278 g/mol. The Morgan fingerprint density at radius 2 is 0.455 bits per heavy atom. The predicted octanol–water partition coefficient (Wildman–Crippen LogP) is -10.5. The van der Waals surface area contributed by atoms with Crippen molar-refractivity contribution < 1.29 is 154 Å². The van der Waals surface area contributed by atoms with E-state index in [-0.39, 0.29) is 154 Å². The molecule has 11 heavy (non-hydrogen) atoms. The van der Waals surface area contributed by atoms with Crippen LogP contribution in [0.25, 0.3) is 0 Å². The normalized spacial score (nSPS) is 0. The summed E-state index contributed by atoms with van der Waals surface area (Å²) in [5.41, 5.74) is 0. The van der Waals surface area contributed by atoms with Crippen LogP contribution in [0.2, 0.25) is 0 Å². The van der Waals surface area contributed by atoms with E-state index in [1.54, 1.807) is 0 Å². The van der Waals surface area contributed by atoms with Crippen LogP contribution in [0.4, 0.5) is 0 Å². The van der Waals surface area contributed by atoms with Gasteiger partial charge in [0.15, 0.2) is 0 Å². The molecule has 0 fully saturated rings. The van der Waals surface area contributed by atoms with Gasteiger partial charge in [0.1, 0.15) is 0 Å². The minimum atomic E-state index is 0. The summed E-state index contributed by atoms with van der Waals surface area (Å²) in [7, 11) is 0. The molecule has 0 saturated heterocycles. The van der Waals surface area contributed by atoms with Gasteiger partial charge in [0, 0.05) is 34.7 Å². The van der Waals surface area contributed by atoms with Gasteiger partial charge in [-0.25, -0.2) is 0 Å². The quantitative estimate of drug-likeness (QED) is 0.396. The van der Waals surface area contributed by atoms with Crippen molar-refractivity contribution in [2.75, 3.05) is 0 Å². The predicted molar refractivity (Wildman–Crippen MR) is 21.9 cm³/mol. The largest absolute Gasteiger partial charge is 1.00 e. The maximum atomic E-state index is 0. The summed E-state index contributed by atoms with van der Waals surface area (Å²) in [6.07, 6.45) is 0.